The Bertz CT molecular complexity index is 1160. The normalized spacial score (nSPS) is 11.5. The molecular formula is C30H25O2+. The van der Waals surface area contributed by atoms with Crippen molar-refractivity contribution in [2.45, 2.75) is 0 Å². The molecule has 0 aliphatic rings. The van der Waals surface area contributed by atoms with Gasteiger partial charge in [-0.2, -0.15) is 0 Å². The summed E-state index contributed by atoms with van der Waals surface area (Å²) in [7, 11) is 1.67. The van der Waals surface area contributed by atoms with Gasteiger partial charge >= 0.3 is 11.5 Å². The molecule has 0 saturated carbocycles. The zero-order chi connectivity index (χ0) is 22.0. The Balaban J connectivity index is 1.53. The lowest BCUT2D eigenvalue weighted by Crippen LogP contribution is -1.84. The summed E-state index contributed by atoms with van der Waals surface area (Å²) >= 11 is 0. The molecule has 32 heavy (non-hydrogen) atoms. The minimum Gasteiger partial charge on any atom is -0.497 e. The average Bonchev–Trinajstić information content (AvgIpc) is 2.87. The van der Waals surface area contributed by atoms with Crippen LogP contribution < -0.4 is 4.74 Å². The van der Waals surface area contributed by atoms with E-state index in [2.05, 4.69) is 54.6 Å². The van der Waals surface area contributed by atoms with Gasteiger partial charge in [0.2, 0.25) is 0 Å². The van der Waals surface area contributed by atoms with E-state index in [9.17, 15) is 0 Å². The molecule has 0 bridgehead atoms. The maximum absolute atomic E-state index is 6.17. The number of benzene rings is 3. The van der Waals surface area contributed by atoms with Crippen LogP contribution in [0.15, 0.2) is 126 Å². The summed E-state index contributed by atoms with van der Waals surface area (Å²) in [4.78, 5) is 0. The second kappa shape index (κ2) is 10.7. The van der Waals surface area contributed by atoms with E-state index >= 15 is 0 Å². The van der Waals surface area contributed by atoms with E-state index in [1.807, 2.05) is 78.9 Å². The van der Waals surface area contributed by atoms with E-state index in [1.165, 1.54) is 0 Å². The van der Waals surface area contributed by atoms with E-state index in [0.717, 1.165) is 39.5 Å². The second-order valence-corrected chi connectivity index (χ2v) is 7.22. The Hall–Kier alpha value is -4.17. The van der Waals surface area contributed by atoms with Crippen molar-refractivity contribution in [3.05, 3.63) is 133 Å². The summed E-state index contributed by atoms with van der Waals surface area (Å²) in [5, 5.41) is 0. The summed E-state index contributed by atoms with van der Waals surface area (Å²) < 4.78 is 11.4. The molecule has 0 fully saturated rings. The molecule has 0 unspecified atom stereocenters. The number of hydrogen-bond donors (Lipinski definition) is 0. The lowest BCUT2D eigenvalue weighted by Gasteiger charge is -2.00. The quantitative estimate of drug-likeness (QED) is 0.223. The third kappa shape index (κ3) is 5.71. The Morgan fingerprint density at radius 2 is 1.22 bits per heavy atom. The standard InChI is InChI=1S/C30H25O2/c1-31-28-20-18-24(19-21-28)12-6-2-3-11-17-29-22-27(25-13-7-4-8-14-25)23-30(32-29)26-15-9-5-10-16-26/h2-23H,1H3/q+1/b3-2+,12-6+,17-11+. The smallest absolute Gasteiger partial charge is 0.361 e. The van der Waals surface area contributed by atoms with Crippen molar-refractivity contribution in [2.75, 3.05) is 7.11 Å². The van der Waals surface area contributed by atoms with E-state index in [1.54, 1.807) is 7.11 Å². The first-order valence-corrected chi connectivity index (χ1v) is 10.6. The maximum Gasteiger partial charge on any atom is 0.361 e. The van der Waals surface area contributed by atoms with Crippen molar-refractivity contribution in [1.29, 1.82) is 0 Å². The first-order chi connectivity index (χ1) is 15.8. The van der Waals surface area contributed by atoms with Gasteiger partial charge in [-0.1, -0.05) is 91.0 Å². The molecule has 3 aromatic carbocycles. The molecule has 1 aromatic heterocycles. The van der Waals surface area contributed by atoms with Crippen LogP contribution in [0.25, 0.3) is 34.6 Å². The molecule has 4 aromatic rings. The van der Waals surface area contributed by atoms with Gasteiger partial charge in [0.05, 0.1) is 24.8 Å². The van der Waals surface area contributed by atoms with Crippen LogP contribution >= 0.6 is 0 Å². The fourth-order valence-electron chi connectivity index (χ4n) is 3.31. The third-order valence-corrected chi connectivity index (χ3v) is 4.98. The first kappa shape index (κ1) is 21.1. The van der Waals surface area contributed by atoms with Crippen molar-refractivity contribution in [3.8, 4) is 28.2 Å². The fourth-order valence-corrected chi connectivity index (χ4v) is 3.31. The van der Waals surface area contributed by atoms with Gasteiger partial charge in [-0.15, -0.1) is 0 Å². The molecule has 2 heteroatoms. The number of allylic oxidation sites excluding steroid dienone is 4. The molecule has 0 atom stereocenters. The van der Waals surface area contributed by atoms with Crippen LogP contribution in [0.4, 0.5) is 0 Å². The van der Waals surface area contributed by atoms with Crippen LogP contribution in [-0.4, -0.2) is 7.11 Å². The lowest BCUT2D eigenvalue weighted by atomic mass is 10.0. The average molecular weight is 418 g/mol. The van der Waals surface area contributed by atoms with E-state index in [0.29, 0.717) is 0 Å². The summed E-state index contributed by atoms with van der Waals surface area (Å²) in [5.41, 5.74) is 4.46. The fraction of sp³-hybridized carbons (Fsp3) is 0.0333. The summed E-state index contributed by atoms with van der Waals surface area (Å²) in [5.74, 6) is 2.50. The Labute approximate surface area is 189 Å². The van der Waals surface area contributed by atoms with Gasteiger partial charge in [0.25, 0.3) is 0 Å². The number of ether oxygens (including phenoxy) is 1. The molecule has 1 heterocycles. The highest BCUT2D eigenvalue weighted by Gasteiger charge is 2.16. The van der Waals surface area contributed by atoms with Crippen molar-refractivity contribution < 1.29 is 9.15 Å². The van der Waals surface area contributed by atoms with Crippen LogP contribution in [0.2, 0.25) is 0 Å². The molecule has 0 spiro atoms. The molecular weight excluding hydrogens is 392 g/mol. The van der Waals surface area contributed by atoms with E-state index < -0.39 is 0 Å². The third-order valence-electron chi connectivity index (χ3n) is 4.98. The molecule has 0 saturated heterocycles. The van der Waals surface area contributed by atoms with Gasteiger partial charge in [0.1, 0.15) is 5.75 Å². The largest absolute Gasteiger partial charge is 0.497 e. The topological polar surface area (TPSA) is 20.5 Å². The molecule has 4 rings (SSSR count). The van der Waals surface area contributed by atoms with Gasteiger partial charge in [-0.3, -0.25) is 0 Å². The summed E-state index contributed by atoms with van der Waals surface area (Å²) in [6.07, 6.45) is 12.0. The first-order valence-electron chi connectivity index (χ1n) is 10.6. The predicted octanol–water partition coefficient (Wildman–Crippen LogP) is 8.19. The SMILES string of the molecule is COc1ccc(/C=C/C=C/C=C/c2cc(-c3ccccc3)cc(-c3ccccc3)[o+]2)cc1. The number of methoxy groups -OCH3 is 1. The maximum atomic E-state index is 6.17. The molecule has 0 radical (unpaired) electrons. The van der Waals surface area contributed by atoms with E-state index in [4.69, 9.17) is 9.15 Å². The van der Waals surface area contributed by atoms with Crippen molar-refractivity contribution in [1.82, 2.24) is 0 Å². The van der Waals surface area contributed by atoms with Gasteiger partial charge in [0.15, 0.2) is 0 Å². The molecule has 0 aliphatic heterocycles. The lowest BCUT2D eigenvalue weighted by molar-refractivity contribution is 0.415. The van der Waals surface area contributed by atoms with Crippen LogP contribution in [0, 0.1) is 0 Å². The monoisotopic (exact) mass is 417 g/mol. The molecule has 156 valence electrons. The van der Waals surface area contributed by atoms with Crippen molar-refractivity contribution in [2.24, 2.45) is 0 Å². The van der Waals surface area contributed by atoms with Gasteiger partial charge in [-0.25, -0.2) is 4.42 Å². The molecule has 0 aliphatic carbocycles. The summed E-state index contributed by atoms with van der Waals surface area (Å²) in [6, 6.07) is 32.6. The second-order valence-electron chi connectivity index (χ2n) is 7.22. The number of hydrogen-bond acceptors (Lipinski definition) is 1. The highest BCUT2D eigenvalue weighted by Crippen LogP contribution is 2.28. The zero-order valence-electron chi connectivity index (χ0n) is 18.0. The zero-order valence-corrected chi connectivity index (χ0v) is 18.0. The highest BCUT2D eigenvalue weighted by atomic mass is 16.5. The number of rotatable bonds is 7. The Morgan fingerprint density at radius 1 is 0.594 bits per heavy atom. The van der Waals surface area contributed by atoms with Crippen molar-refractivity contribution >= 4 is 12.2 Å². The molecule has 2 nitrogen and oxygen atoms in total. The Kier molecular flexibility index (Phi) is 7.07. The van der Waals surface area contributed by atoms with Gasteiger partial charge in [-0.05, 0) is 35.4 Å². The van der Waals surface area contributed by atoms with Crippen LogP contribution in [0.5, 0.6) is 5.75 Å². The van der Waals surface area contributed by atoms with Crippen LogP contribution in [0.1, 0.15) is 11.3 Å². The van der Waals surface area contributed by atoms with Crippen LogP contribution in [0.3, 0.4) is 0 Å². The minimum atomic E-state index is 0.800. The van der Waals surface area contributed by atoms with E-state index in [-0.39, 0.29) is 0 Å². The Morgan fingerprint density at radius 3 is 1.88 bits per heavy atom. The van der Waals surface area contributed by atoms with Gasteiger partial charge in [0, 0.05) is 11.6 Å². The predicted molar refractivity (Wildman–Crippen MR) is 134 cm³/mol. The summed E-state index contributed by atoms with van der Waals surface area (Å²) in [6.45, 7) is 0. The molecule has 0 amide bonds. The molecule has 0 N–H and O–H groups in total. The van der Waals surface area contributed by atoms with Gasteiger partial charge < -0.3 is 4.74 Å². The van der Waals surface area contributed by atoms with Crippen LogP contribution in [-0.2, 0) is 0 Å². The van der Waals surface area contributed by atoms with Crippen molar-refractivity contribution in [3.63, 3.8) is 0 Å². The minimum absolute atomic E-state index is 0.800. The highest BCUT2D eigenvalue weighted by molar-refractivity contribution is 5.71.